The molecule has 9 heteroatoms. The van der Waals surface area contributed by atoms with E-state index in [-0.39, 0.29) is 60.8 Å². The standard InChI is InChI=1S/Ca.ClH.K.Mg.H3O4P.4H/c;;;;1-5(2,3)4;;;;/h;1H;;;(H3,1,2,3,4);;;;/q;;+1;;;;;;/p-1. The molecule has 0 unspecified atom stereocenters. The van der Waals surface area contributed by atoms with Gasteiger partial charge < -0.3 is 14.7 Å². The van der Waals surface area contributed by atoms with E-state index >= 15 is 0 Å². The Morgan fingerprint density at radius 2 is 1.22 bits per heavy atom. The van der Waals surface area contributed by atoms with Crippen molar-refractivity contribution >= 4 is 120 Å². The normalized spacial score (nSPS) is 7.33. The largest absolute Gasteiger partial charge is 0.316 e. The van der Waals surface area contributed by atoms with Crippen LogP contribution in [-0.2, 0) is 4.57 Å². The molecule has 0 saturated carbocycles. The number of phosphoric acid groups is 1. The van der Waals surface area contributed by atoms with Crippen LogP contribution in [0.4, 0.5) is 0 Å². The van der Waals surface area contributed by atoms with Crippen LogP contribution in [0.3, 0.4) is 0 Å². The van der Waals surface area contributed by atoms with Crippen molar-refractivity contribution < 1.29 is 19.2 Å². The van der Waals surface area contributed by atoms with Crippen LogP contribution in [0.1, 0.15) is 0 Å². The summed E-state index contributed by atoms with van der Waals surface area (Å²) < 4.78 is 13.7. The van der Waals surface area contributed by atoms with Gasteiger partial charge in [0.2, 0.25) is 0 Å². The molecule has 0 amide bonds. The third-order valence-corrected chi connectivity index (χ3v) is 0. The minimum absolute atomic E-state index is 0. The summed E-state index contributed by atoms with van der Waals surface area (Å²) in [6.07, 6.45) is 0. The van der Waals surface area contributed by atoms with Crippen molar-refractivity contribution in [2.24, 2.45) is 0 Å². The molecule has 0 aliphatic heterocycles. The quantitative estimate of drug-likeness (QED) is 0.325. The van der Waals surface area contributed by atoms with Gasteiger partial charge in [0, 0.05) is 0 Å². The maximum atomic E-state index is 8.88. The van der Waals surface area contributed by atoms with Crippen molar-refractivity contribution in [1.82, 2.24) is 0 Å². The van der Waals surface area contributed by atoms with Crippen LogP contribution < -0.4 is 0 Å². The first-order valence-electron chi connectivity index (χ1n) is 1.16. The molecule has 0 spiro atoms. The Balaban J connectivity index is -0.0000000286. The SMILES string of the molecule is O=P(O)(O)O.[CaH2].[Cl][K].[MgH2]. The third kappa shape index (κ3) is 74.0. The average molecular weight is 241 g/mol. The first-order chi connectivity index (χ1) is 3.00. The van der Waals surface area contributed by atoms with Gasteiger partial charge in [0.05, 0.1) is 0 Å². The summed E-state index contributed by atoms with van der Waals surface area (Å²) in [5.74, 6) is 0. The maximum Gasteiger partial charge on any atom is 0.316 e. The Kier molecular flexibility index (Phi) is 37.5. The Morgan fingerprint density at radius 3 is 1.22 bits per heavy atom. The Morgan fingerprint density at radius 1 is 1.22 bits per heavy atom. The summed E-state index contributed by atoms with van der Waals surface area (Å²) in [5, 5.41) is 0. The molecule has 0 saturated heterocycles. The van der Waals surface area contributed by atoms with E-state index in [4.69, 9.17) is 23.0 Å². The van der Waals surface area contributed by atoms with E-state index in [2.05, 4.69) is 0 Å². The van der Waals surface area contributed by atoms with Crippen LogP contribution in [0.15, 0.2) is 0 Å². The molecule has 0 rings (SSSR count). The number of hydrogen-bond acceptors (Lipinski definition) is 1. The van der Waals surface area contributed by atoms with Gasteiger partial charge in [0.15, 0.2) is 0 Å². The first-order valence-corrected chi connectivity index (χ1v) is 7.02. The topological polar surface area (TPSA) is 77.8 Å². The molecule has 0 bridgehead atoms. The fraction of sp³-hybridized carbons (Fsp3) is 0. The van der Waals surface area contributed by atoms with Crippen LogP contribution in [0, 0.1) is 0 Å². The second-order valence-electron chi connectivity index (χ2n) is 0.513. The summed E-state index contributed by atoms with van der Waals surface area (Å²) in [6, 6.07) is 0. The van der Waals surface area contributed by atoms with Crippen LogP contribution in [-0.4, -0.2) is 123 Å². The smallest absolute Gasteiger partial charge is 0.316 e. The van der Waals surface area contributed by atoms with Gasteiger partial charge in [-0.05, 0) is 0 Å². The summed E-state index contributed by atoms with van der Waals surface area (Å²) in [4.78, 5) is 21.6. The molecule has 0 aliphatic carbocycles. The van der Waals surface area contributed by atoms with E-state index in [1.165, 1.54) is 0 Å². The first kappa shape index (κ1) is 23.1. The van der Waals surface area contributed by atoms with E-state index < -0.39 is 7.82 Å². The van der Waals surface area contributed by atoms with Gasteiger partial charge >= 0.3 is 120 Å². The van der Waals surface area contributed by atoms with Crippen LogP contribution in [0.25, 0.3) is 0 Å². The molecule has 48 valence electrons. The van der Waals surface area contributed by atoms with E-state index in [0.717, 1.165) is 0 Å². The fourth-order valence-corrected chi connectivity index (χ4v) is 0. The van der Waals surface area contributed by atoms with E-state index in [1.54, 1.807) is 0 Å². The molecular weight excluding hydrogens is 234 g/mol. The number of hydrogen-bond donors (Lipinski definition) is 3. The van der Waals surface area contributed by atoms with Gasteiger partial charge in [-0.25, -0.2) is 4.57 Å². The van der Waals surface area contributed by atoms with Crippen molar-refractivity contribution in [2.45, 2.75) is 0 Å². The van der Waals surface area contributed by atoms with Gasteiger partial charge in [0.1, 0.15) is 0 Å². The van der Waals surface area contributed by atoms with Crippen LogP contribution in [0.5, 0.6) is 0 Å². The predicted octanol–water partition coefficient (Wildman–Crippen LogP) is -2.45. The Labute approximate surface area is 135 Å². The third-order valence-electron chi connectivity index (χ3n) is 0. The zero-order chi connectivity index (χ0) is 6.50. The molecule has 0 heterocycles. The van der Waals surface area contributed by atoms with E-state index in [1.807, 2.05) is 0 Å². The molecule has 0 aromatic heterocycles. The number of rotatable bonds is 0. The summed E-state index contributed by atoms with van der Waals surface area (Å²) in [5.41, 5.74) is 0. The molecule has 0 aromatic rings. The minimum Gasteiger partial charge on any atom is 0.316 e. The average Bonchev–Trinajstić information content (AvgIpc) is 1.36. The molecule has 4 nitrogen and oxygen atoms in total. The summed E-state index contributed by atoms with van der Waals surface area (Å²) in [7, 11) is -4.64. The molecule has 0 aliphatic rings. The van der Waals surface area contributed by atoms with Gasteiger partial charge in [-0.3, -0.25) is 0 Å². The van der Waals surface area contributed by atoms with Gasteiger partial charge in [-0.1, -0.05) is 0 Å². The van der Waals surface area contributed by atoms with Crippen molar-refractivity contribution in [1.29, 1.82) is 0 Å². The maximum absolute atomic E-state index is 8.88. The predicted molar refractivity (Wildman–Crippen MR) is 43.0 cm³/mol. The van der Waals surface area contributed by atoms with Crippen molar-refractivity contribution in [3.8, 4) is 0 Å². The van der Waals surface area contributed by atoms with E-state index in [0.29, 0.717) is 47.1 Å². The molecule has 0 aromatic carbocycles. The van der Waals surface area contributed by atoms with Gasteiger partial charge in [-0.15, -0.1) is 0 Å². The summed E-state index contributed by atoms with van der Waals surface area (Å²) in [6.45, 7) is 0. The van der Waals surface area contributed by atoms with Crippen molar-refractivity contribution in [3.63, 3.8) is 0 Å². The number of halogens is 1. The zero-order valence-corrected chi connectivity index (χ0v) is 8.35. The van der Waals surface area contributed by atoms with Crippen LogP contribution in [0.2, 0.25) is 0 Å². The summed E-state index contributed by atoms with van der Waals surface area (Å²) >= 11 is 0.535. The van der Waals surface area contributed by atoms with Gasteiger partial charge in [0.25, 0.3) is 0 Å². The van der Waals surface area contributed by atoms with Crippen molar-refractivity contribution in [3.05, 3.63) is 0 Å². The van der Waals surface area contributed by atoms with Crippen molar-refractivity contribution in [2.75, 3.05) is 0 Å². The second-order valence-corrected chi connectivity index (χ2v) is 1.54. The molecule has 0 radical (unpaired) electrons. The molecule has 9 heavy (non-hydrogen) atoms. The van der Waals surface area contributed by atoms with Crippen LogP contribution >= 0.6 is 11.6 Å². The minimum atomic E-state index is -4.64. The molecule has 0 atom stereocenters. The molecule has 3 N–H and O–H groups in total. The van der Waals surface area contributed by atoms with E-state index in [9.17, 15) is 0 Å². The zero-order valence-electron chi connectivity index (χ0n) is 3.58. The van der Waals surface area contributed by atoms with Gasteiger partial charge in [-0.2, -0.15) is 0 Å². The molecule has 0 fully saturated rings. The second kappa shape index (κ2) is 14.6. The monoisotopic (exact) mass is 240 g/mol. The Bertz CT molecular complexity index is 66.7. The Hall–Kier alpha value is 4.06. The fourth-order valence-electron chi connectivity index (χ4n) is 0. The molecular formula is H7CaClKMgO4P.